The molecule has 5 rings (SSSR count). The number of amides is 1. The van der Waals surface area contributed by atoms with Gasteiger partial charge in [-0.15, -0.1) is 0 Å². The van der Waals surface area contributed by atoms with Gasteiger partial charge >= 0.3 is 0 Å². The fourth-order valence-corrected chi connectivity index (χ4v) is 4.80. The van der Waals surface area contributed by atoms with Crippen LogP contribution in [0.4, 0.5) is 5.13 Å². The second-order valence-electron chi connectivity index (χ2n) is 6.84. The Hall–Kier alpha value is -3.57. The third-order valence-electron chi connectivity index (χ3n) is 4.68. The predicted molar refractivity (Wildman–Crippen MR) is 125 cm³/mol. The number of thioether (sulfide) groups is 1. The van der Waals surface area contributed by atoms with E-state index in [0.29, 0.717) is 21.5 Å². The molecule has 0 saturated heterocycles. The molecule has 0 spiro atoms. The smallest absolute Gasteiger partial charge is 0.294 e. The number of rotatable bonds is 5. The van der Waals surface area contributed by atoms with Gasteiger partial charge in [-0.2, -0.15) is 14.6 Å². The van der Waals surface area contributed by atoms with Gasteiger partial charge in [0.15, 0.2) is 15.9 Å². The summed E-state index contributed by atoms with van der Waals surface area (Å²) in [5, 5.41) is 8.86. The number of hydrogen-bond acceptors (Lipinski definition) is 9. The van der Waals surface area contributed by atoms with Gasteiger partial charge in [0.1, 0.15) is 11.4 Å². The molecule has 1 N–H and O–H groups in total. The van der Waals surface area contributed by atoms with Crippen molar-refractivity contribution in [3.05, 3.63) is 58.5 Å². The molecular formula is C21H16N6O3S2. The normalized spacial score (nSPS) is 11.3. The number of carbonyl (C=O) groups excluding carboxylic acids is 1. The minimum Gasteiger partial charge on any atom is -0.497 e. The summed E-state index contributed by atoms with van der Waals surface area (Å²) in [6.07, 6.45) is 0. The molecule has 0 saturated carbocycles. The van der Waals surface area contributed by atoms with Gasteiger partial charge in [-0.3, -0.25) is 9.59 Å². The lowest BCUT2D eigenvalue weighted by Crippen LogP contribution is -2.19. The molecule has 0 aliphatic heterocycles. The number of benzene rings is 2. The third kappa shape index (κ3) is 3.76. The van der Waals surface area contributed by atoms with Crippen LogP contribution in [0.25, 0.3) is 26.8 Å². The molecule has 11 heteroatoms. The van der Waals surface area contributed by atoms with Crippen LogP contribution < -0.4 is 15.6 Å². The Kier molecular flexibility index (Phi) is 5.19. The molecule has 0 fully saturated rings. The number of methoxy groups -OCH3 is 1. The van der Waals surface area contributed by atoms with Crippen molar-refractivity contribution in [2.24, 2.45) is 0 Å². The van der Waals surface area contributed by atoms with Crippen molar-refractivity contribution >= 4 is 60.9 Å². The van der Waals surface area contributed by atoms with Crippen molar-refractivity contribution in [3.63, 3.8) is 0 Å². The Morgan fingerprint density at radius 2 is 2.00 bits per heavy atom. The average molecular weight is 465 g/mol. The summed E-state index contributed by atoms with van der Waals surface area (Å²) in [5.41, 5.74) is 1.75. The average Bonchev–Trinajstić information content (AvgIpc) is 3.19. The molecule has 0 unspecified atom stereocenters. The summed E-state index contributed by atoms with van der Waals surface area (Å²) in [4.78, 5) is 37.9. The Labute approximate surface area is 189 Å². The molecule has 5 aromatic rings. The molecule has 1 amide bonds. The van der Waals surface area contributed by atoms with E-state index in [1.54, 1.807) is 14.0 Å². The number of carbonyl (C=O) groups is 1. The molecule has 32 heavy (non-hydrogen) atoms. The van der Waals surface area contributed by atoms with Crippen LogP contribution in [0, 0.1) is 6.92 Å². The first-order valence-corrected chi connectivity index (χ1v) is 11.4. The van der Waals surface area contributed by atoms with E-state index in [4.69, 9.17) is 4.74 Å². The second-order valence-corrected chi connectivity index (χ2v) is 8.81. The van der Waals surface area contributed by atoms with E-state index >= 15 is 0 Å². The first-order chi connectivity index (χ1) is 15.5. The molecule has 3 heterocycles. The lowest BCUT2D eigenvalue weighted by Gasteiger charge is -2.09. The van der Waals surface area contributed by atoms with Crippen LogP contribution in [0.1, 0.15) is 5.69 Å². The summed E-state index contributed by atoms with van der Waals surface area (Å²) >= 11 is 2.59. The lowest BCUT2D eigenvalue weighted by atomic mass is 10.2. The maximum Gasteiger partial charge on any atom is 0.294 e. The molecule has 9 nitrogen and oxygen atoms in total. The number of anilines is 1. The van der Waals surface area contributed by atoms with E-state index in [1.807, 2.05) is 42.5 Å². The highest BCUT2D eigenvalue weighted by atomic mass is 32.2. The topological polar surface area (TPSA) is 111 Å². The number of fused-ring (bicyclic) bond motifs is 4. The molecule has 0 radical (unpaired) electrons. The van der Waals surface area contributed by atoms with Crippen LogP contribution in [0.3, 0.4) is 0 Å². The Morgan fingerprint density at radius 3 is 2.84 bits per heavy atom. The molecular weight excluding hydrogens is 448 g/mol. The summed E-state index contributed by atoms with van der Waals surface area (Å²) < 4.78 is 7.67. The fraction of sp³-hybridized carbons (Fsp3) is 0.143. The maximum absolute atomic E-state index is 12.6. The molecule has 2 aromatic carbocycles. The number of aromatic nitrogens is 5. The van der Waals surface area contributed by atoms with Crippen LogP contribution in [0.5, 0.6) is 5.75 Å². The Bertz CT molecular complexity index is 1560. The van der Waals surface area contributed by atoms with Crippen molar-refractivity contribution in [1.82, 2.24) is 24.6 Å². The van der Waals surface area contributed by atoms with E-state index < -0.39 is 0 Å². The van der Waals surface area contributed by atoms with Crippen LogP contribution in [0.2, 0.25) is 0 Å². The van der Waals surface area contributed by atoms with Crippen molar-refractivity contribution < 1.29 is 9.53 Å². The van der Waals surface area contributed by atoms with Crippen molar-refractivity contribution in [2.75, 3.05) is 18.2 Å². The summed E-state index contributed by atoms with van der Waals surface area (Å²) in [6.45, 7) is 1.60. The van der Waals surface area contributed by atoms with E-state index in [2.05, 4.69) is 25.4 Å². The van der Waals surface area contributed by atoms with E-state index in [9.17, 15) is 9.59 Å². The highest BCUT2D eigenvalue weighted by Gasteiger charge is 2.15. The van der Waals surface area contributed by atoms with Gasteiger partial charge in [0.2, 0.25) is 5.91 Å². The number of nitrogens with zero attached hydrogens (tertiary/aromatic N) is 5. The monoisotopic (exact) mass is 464 g/mol. The number of nitrogens with one attached hydrogen (secondary N) is 1. The standard InChI is InChI=1S/C21H16N6O3S2/c1-11-19(29)25-18-13-5-3-4-6-14(13)23-21(27(18)26-11)31-10-17(28)24-20-22-15-8-7-12(30-2)9-16(15)32-20/h3-9H,10H2,1-2H3,(H,22,24,28). The van der Waals surface area contributed by atoms with Gasteiger partial charge in [0.05, 0.1) is 28.6 Å². The third-order valence-corrected chi connectivity index (χ3v) is 6.55. The van der Waals surface area contributed by atoms with Gasteiger partial charge in [0, 0.05) is 5.39 Å². The Morgan fingerprint density at radius 1 is 1.16 bits per heavy atom. The quantitative estimate of drug-likeness (QED) is 0.240. The zero-order valence-electron chi connectivity index (χ0n) is 17.0. The summed E-state index contributed by atoms with van der Waals surface area (Å²) in [7, 11) is 1.61. The second kappa shape index (κ2) is 8.17. The van der Waals surface area contributed by atoms with E-state index in [-0.39, 0.29) is 22.9 Å². The molecule has 0 atom stereocenters. The van der Waals surface area contributed by atoms with Crippen LogP contribution >= 0.6 is 23.1 Å². The molecule has 0 bridgehead atoms. The van der Waals surface area contributed by atoms with Crippen molar-refractivity contribution in [3.8, 4) is 5.75 Å². The molecule has 0 aliphatic rings. The number of thiazole rings is 1. The van der Waals surface area contributed by atoms with Crippen molar-refractivity contribution in [1.29, 1.82) is 0 Å². The van der Waals surface area contributed by atoms with Gasteiger partial charge in [-0.05, 0) is 37.3 Å². The van der Waals surface area contributed by atoms with Gasteiger partial charge < -0.3 is 10.1 Å². The SMILES string of the molecule is COc1ccc2nc(NC(=O)CSc3nc4ccccc4c4nc(=O)c(C)nn34)sc2c1. The number of hydrogen-bond donors (Lipinski definition) is 1. The number of ether oxygens (including phenoxy) is 1. The summed E-state index contributed by atoms with van der Waals surface area (Å²) in [6, 6.07) is 12.9. The largest absolute Gasteiger partial charge is 0.497 e. The maximum atomic E-state index is 12.6. The fourth-order valence-electron chi connectivity index (χ4n) is 3.15. The van der Waals surface area contributed by atoms with Gasteiger partial charge in [-0.25, -0.2) is 9.97 Å². The van der Waals surface area contributed by atoms with E-state index in [1.165, 1.54) is 27.6 Å². The number of aryl methyl sites for hydroxylation is 1. The first-order valence-electron chi connectivity index (χ1n) is 9.55. The molecule has 160 valence electrons. The minimum absolute atomic E-state index is 0.0898. The highest BCUT2D eigenvalue weighted by molar-refractivity contribution is 7.99. The van der Waals surface area contributed by atoms with Crippen LogP contribution in [-0.2, 0) is 4.79 Å². The predicted octanol–water partition coefficient (Wildman–Crippen LogP) is 3.30. The van der Waals surface area contributed by atoms with Gasteiger partial charge in [-0.1, -0.05) is 35.2 Å². The summed E-state index contributed by atoms with van der Waals surface area (Å²) in [5.74, 6) is 0.598. The number of para-hydroxylation sites is 1. The zero-order valence-corrected chi connectivity index (χ0v) is 18.7. The van der Waals surface area contributed by atoms with E-state index in [0.717, 1.165) is 21.4 Å². The highest BCUT2D eigenvalue weighted by Crippen LogP contribution is 2.29. The Balaban J connectivity index is 1.41. The molecule has 0 aliphatic carbocycles. The molecule has 3 aromatic heterocycles. The minimum atomic E-state index is -0.387. The van der Waals surface area contributed by atoms with Crippen LogP contribution in [-0.4, -0.2) is 43.3 Å². The van der Waals surface area contributed by atoms with Gasteiger partial charge in [0.25, 0.3) is 5.56 Å². The first kappa shape index (κ1) is 20.3. The van der Waals surface area contributed by atoms with Crippen molar-refractivity contribution in [2.45, 2.75) is 12.1 Å². The zero-order chi connectivity index (χ0) is 22.2. The lowest BCUT2D eigenvalue weighted by molar-refractivity contribution is -0.113. The van der Waals surface area contributed by atoms with Crippen LogP contribution in [0.15, 0.2) is 52.4 Å².